The Balaban J connectivity index is 1.65. The van der Waals surface area contributed by atoms with Gasteiger partial charge in [0.25, 0.3) is 0 Å². The topological polar surface area (TPSA) is 70.9 Å². The van der Waals surface area contributed by atoms with Crippen molar-refractivity contribution in [3.05, 3.63) is 28.3 Å². The molecule has 3 rings (SSSR count). The van der Waals surface area contributed by atoms with Crippen LogP contribution in [-0.2, 0) is 0 Å². The van der Waals surface area contributed by atoms with Gasteiger partial charge in [0.2, 0.25) is 0 Å². The van der Waals surface area contributed by atoms with Gasteiger partial charge in [-0.15, -0.1) is 0 Å². The van der Waals surface area contributed by atoms with Crippen LogP contribution in [0.25, 0.3) is 0 Å². The predicted octanol–water partition coefficient (Wildman–Crippen LogP) is 1.87. The van der Waals surface area contributed by atoms with Crippen LogP contribution >= 0.6 is 0 Å². The third-order valence-electron chi connectivity index (χ3n) is 5.21. The van der Waals surface area contributed by atoms with Crippen molar-refractivity contribution in [2.45, 2.75) is 31.8 Å². The summed E-state index contributed by atoms with van der Waals surface area (Å²) in [6, 6.07) is 6.38. The van der Waals surface area contributed by atoms with Crippen LogP contribution in [0.3, 0.4) is 0 Å². The monoisotopic (exact) mass is 334 g/mol. The van der Waals surface area contributed by atoms with Crippen LogP contribution in [-0.4, -0.2) is 61.7 Å². The maximum absolute atomic E-state index is 11.0. The summed E-state index contributed by atoms with van der Waals surface area (Å²) in [6.07, 6.45) is 2.26. The number of hydrogen-bond donors (Lipinski definition) is 1. The minimum absolute atomic E-state index is 0.0192. The highest BCUT2D eigenvalue weighted by atomic mass is 16.6. The molecule has 2 fully saturated rings. The zero-order chi connectivity index (χ0) is 17.1. The van der Waals surface area contributed by atoms with Crippen molar-refractivity contribution in [1.82, 2.24) is 10.2 Å². The van der Waals surface area contributed by atoms with Crippen molar-refractivity contribution >= 4 is 11.4 Å². The number of piperidine rings is 1. The average Bonchev–Trinajstić information content (AvgIpc) is 2.61. The molecule has 0 radical (unpaired) electrons. The van der Waals surface area contributed by atoms with E-state index in [4.69, 9.17) is 4.74 Å². The lowest BCUT2D eigenvalue weighted by Crippen LogP contribution is -2.56. The van der Waals surface area contributed by atoms with Gasteiger partial charge in [0.1, 0.15) is 0 Å². The zero-order valence-electron chi connectivity index (χ0n) is 14.4. The molecule has 1 atom stereocenters. The second-order valence-corrected chi connectivity index (χ2v) is 6.62. The molecule has 0 aromatic heterocycles. The largest absolute Gasteiger partial charge is 0.490 e. The molecule has 132 valence electrons. The summed E-state index contributed by atoms with van der Waals surface area (Å²) in [5, 5.41) is 14.5. The molecule has 1 aromatic carbocycles. The molecular formula is C17H26N4O3. The highest BCUT2D eigenvalue weighted by molar-refractivity contribution is 5.59. The van der Waals surface area contributed by atoms with Gasteiger partial charge >= 0.3 is 5.69 Å². The highest BCUT2D eigenvalue weighted by Gasteiger charge is 2.29. The number of nitrogens with one attached hydrogen (secondary N) is 1. The molecule has 2 heterocycles. The molecule has 0 bridgehead atoms. The number of nitrogens with zero attached hydrogens (tertiary/aromatic N) is 3. The van der Waals surface area contributed by atoms with E-state index in [-0.39, 0.29) is 5.69 Å². The molecule has 0 saturated carbocycles. The lowest BCUT2D eigenvalue weighted by atomic mass is 9.99. The minimum atomic E-state index is -0.402. The fraction of sp³-hybridized carbons (Fsp3) is 0.647. The standard InChI is InChI=1S/C17H26N4O3/c1-13-12-18-7-10-20(13)14-5-8-19(9-6-14)15-3-4-16(21(22)23)17(11-15)24-2/h3-4,11,13-14,18H,5-10,12H2,1-2H3. The fourth-order valence-corrected chi connectivity index (χ4v) is 3.87. The number of piperazine rings is 1. The van der Waals surface area contributed by atoms with E-state index in [1.165, 1.54) is 7.11 Å². The van der Waals surface area contributed by atoms with E-state index in [9.17, 15) is 10.1 Å². The second kappa shape index (κ2) is 7.36. The number of methoxy groups -OCH3 is 1. The van der Waals surface area contributed by atoms with Gasteiger partial charge in [0.15, 0.2) is 5.75 Å². The number of nitro benzene ring substituents is 1. The van der Waals surface area contributed by atoms with Gasteiger partial charge in [-0.2, -0.15) is 0 Å². The first-order chi connectivity index (χ1) is 11.6. The Morgan fingerprint density at radius 2 is 2.04 bits per heavy atom. The van der Waals surface area contributed by atoms with Gasteiger partial charge in [-0.25, -0.2) is 0 Å². The van der Waals surface area contributed by atoms with E-state index >= 15 is 0 Å². The predicted molar refractivity (Wildman–Crippen MR) is 93.9 cm³/mol. The van der Waals surface area contributed by atoms with Crippen molar-refractivity contribution in [2.75, 3.05) is 44.7 Å². The Bertz CT molecular complexity index is 587. The minimum Gasteiger partial charge on any atom is -0.490 e. The molecule has 0 amide bonds. The maximum Gasteiger partial charge on any atom is 0.311 e. The van der Waals surface area contributed by atoms with Gasteiger partial charge in [-0.05, 0) is 25.8 Å². The molecule has 7 heteroatoms. The normalized spacial score (nSPS) is 23.2. The Kier molecular flexibility index (Phi) is 5.20. The van der Waals surface area contributed by atoms with Crippen molar-refractivity contribution in [3.63, 3.8) is 0 Å². The lowest BCUT2D eigenvalue weighted by Gasteiger charge is -2.44. The molecule has 0 spiro atoms. The number of rotatable bonds is 4. The number of anilines is 1. The molecule has 2 aliphatic heterocycles. The second-order valence-electron chi connectivity index (χ2n) is 6.62. The van der Waals surface area contributed by atoms with Crippen LogP contribution in [0.2, 0.25) is 0 Å². The summed E-state index contributed by atoms with van der Waals surface area (Å²) in [5.74, 6) is 0.329. The first-order valence-corrected chi connectivity index (χ1v) is 8.64. The van der Waals surface area contributed by atoms with Crippen molar-refractivity contribution in [2.24, 2.45) is 0 Å². The summed E-state index contributed by atoms with van der Waals surface area (Å²) in [5.41, 5.74) is 1.02. The molecular weight excluding hydrogens is 308 g/mol. The molecule has 7 nitrogen and oxygen atoms in total. The Morgan fingerprint density at radius 3 is 2.67 bits per heavy atom. The van der Waals surface area contributed by atoms with Crippen LogP contribution in [0.5, 0.6) is 5.75 Å². The van der Waals surface area contributed by atoms with Gasteiger partial charge in [0, 0.05) is 62.6 Å². The van der Waals surface area contributed by atoms with E-state index in [1.807, 2.05) is 6.07 Å². The molecule has 1 unspecified atom stereocenters. The van der Waals surface area contributed by atoms with Crippen LogP contribution < -0.4 is 15.0 Å². The first kappa shape index (κ1) is 17.0. The lowest BCUT2D eigenvalue weighted by molar-refractivity contribution is -0.385. The molecule has 0 aliphatic carbocycles. The SMILES string of the molecule is COc1cc(N2CCC(N3CCNCC3C)CC2)ccc1[N+](=O)[O-]. The van der Waals surface area contributed by atoms with Crippen molar-refractivity contribution in [3.8, 4) is 5.75 Å². The van der Waals surface area contributed by atoms with Gasteiger partial charge in [0.05, 0.1) is 12.0 Å². The molecule has 1 N–H and O–H groups in total. The van der Waals surface area contributed by atoms with Gasteiger partial charge < -0.3 is 15.0 Å². The van der Waals surface area contributed by atoms with Gasteiger partial charge in [-0.1, -0.05) is 0 Å². The van der Waals surface area contributed by atoms with Crippen LogP contribution in [0.15, 0.2) is 18.2 Å². The molecule has 1 aromatic rings. The molecule has 2 aliphatic rings. The smallest absolute Gasteiger partial charge is 0.311 e. The fourth-order valence-electron chi connectivity index (χ4n) is 3.87. The third-order valence-corrected chi connectivity index (χ3v) is 5.21. The first-order valence-electron chi connectivity index (χ1n) is 8.64. The van der Waals surface area contributed by atoms with E-state index in [0.29, 0.717) is 17.8 Å². The highest BCUT2D eigenvalue weighted by Crippen LogP contribution is 2.33. The zero-order valence-corrected chi connectivity index (χ0v) is 14.4. The van der Waals surface area contributed by atoms with E-state index in [0.717, 1.165) is 51.3 Å². The Morgan fingerprint density at radius 1 is 1.29 bits per heavy atom. The van der Waals surface area contributed by atoms with E-state index in [2.05, 4.69) is 22.0 Å². The van der Waals surface area contributed by atoms with Gasteiger partial charge in [-0.3, -0.25) is 15.0 Å². The molecule has 2 saturated heterocycles. The summed E-state index contributed by atoms with van der Waals surface area (Å²) < 4.78 is 5.18. The summed E-state index contributed by atoms with van der Waals surface area (Å²) in [6.45, 7) is 7.51. The van der Waals surface area contributed by atoms with Crippen molar-refractivity contribution < 1.29 is 9.66 Å². The third kappa shape index (κ3) is 3.47. The van der Waals surface area contributed by atoms with Crippen LogP contribution in [0.1, 0.15) is 19.8 Å². The summed E-state index contributed by atoms with van der Waals surface area (Å²) >= 11 is 0. The Labute approximate surface area is 142 Å². The number of ether oxygens (including phenoxy) is 1. The Hall–Kier alpha value is -1.86. The number of benzene rings is 1. The van der Waals surface area contributed by atoms with Crippen LogP contribution in [0, 0.1) is 10.1 Å². The maximum atomic E-state index is 11.0. The van der Waals surface area contributed by atoms with E-state index in [1.54, 1.807) is 12.1 Å². The quantitative estimate of drug-likeness (QED) is 0.669. The molecule has 24 heavy (non-hydrogen) atoms. The van der Waals surface area contributed by atoms with Crippen molar-refractivity contribution in [1.29, 1.82) is 0 Å². The van der Waals surface area contributed by atoms with E-state index < -0.39 is 4.92 Å². The van der Waals surface area contributed by atoms with Crippen LogP contribution in [0.4, 0.5) is 11.4 Å². The summed E-state index contributed by atoms with van der Waals surface area (Å²) in [7, 11) is 1.48. The average molecular weight is 334 g/mol. The number of nitro groups is 1. The summed E-state index contributed by atoms with van der Waals surface area (Å²) in [4.78, 5) is 15.5. The number of hydrogen-bond acceptors (Lipinski definition) is 6.